The molecule has 0 radical (unpaired) electrons. The van der Waals surface area contributed by atoms with Gasteiger partial charge in [-0.2, -0.15) is 0 Å². The van der Waals surface area contributed by atoms with E-state index in [1.54, 1.807) is 24.3 Å². The van der Waals surface area contributed by atoms with Crippen molar-refractivity contribution >= 4 is 34.2 Å². The number of amidine groups is 1. The van der Waals surface area contributed by atoms with Gasteiger partial charge in [-0.15, -0.1) is 12.4 Å². The topological polar surface area (TPSA) is 90.9 Å². The zero-order valence-electron chi connectivity index (χ0n) is 15.6. The number of carbonyl (C=O) groups excluding carboxylic acids is 1. The van der Waals surface area contributed by atoms with Crippen LogP contribution in [0.4, 0.5) is 0 Å². The molecule has 150 valence electrons. The van der Waals surface area contributed by atoms with Crippen LogP contribution in [-0.4, -0.2) is 57.8 Å². The summed E-state index contributed by atoms with van der Waals surface area (Å²) in [6.45, 7) is 4.32. The maximum absolute atomic E-state index is 12.6. The Labute approximate surface area is 167 Å². The lowest BCUT2D eigenvalue weighted by Gasteiger charge is -2.33. The molecule has 1 aromatic rings. The van der Waals surface area contributed by atoms with Crippen LogP contribution in [0.2, 0.25) is 0 Å². The highest BCUT2D eigenvalue weighted by molar-refractivity contribution is 7.90. The van der Waals surface area contributed by atoms with Gasteiger partial charge in [-0.1, -0.05) is 12.1 Å². The second-order valence-corrected chi connectivity index (χ2v) is 8.69. The summed E-state index contributed by atoms with van der Waals surface area (Å²) in [6.07, 6.45) is 2.44. The molecule has 1 saturated heterocycles. The lowest BCUT2D eigenvalue weighted by atomic mass is 9.97. The minimum Gasteiger partial charge on any atom is -0.342 e. The van der Waals surface area contributed by atoms with Crippen molar-refractivity contribution < 1.29 is 13.2 Å². The molecule has 1 fully saturated rings. The van der Waals surface area contributed by atoms with Crippen molar-refractivity contribution in [3.8, 4) is 0 Å². The highest BCUT2D eigenvalue weighted by Crippen LogP contribution is 2.23. The quantitative estimate of drug-likeness (QED) is 0.761. The molecule has 7 nitrogen and oxygen atoms in total. The maximum Gasteiger partial charge on any atom is 0.263 e. The number of fused-ring (bicyclic) bond motifs is 1. The number of sulfonamides is 1. The van der Waals surface area contributed by atoms with Gasteiger partial charge in [0.15, 0.2) is 0 Å². The number of carbonyl (C=O) groups is 1. The van der Waals surface area contributed by atoms with E-state index in [9.17, 15) is 13.2 Å². The summed E-state index contributed by atoms with van der Waals surface area (Å²) in [4.78, 5) is 19.2. The predicted molar refractivity (Wildman–Crippen MR) is 108 cm³/mol. The van der Waals surface area contributed by atoms with Crippen molar-refractivity contribution in [2.45, 2.75) is 37.1 Å². The van der Waals surface area contributed by atoms with Crippen LogP contribution in [0.3, 0.4) is 0 Å². The summed E-state index contributed by atoms with van der Waals surface area (Å²) in [6, 6.07) is 6.46. The number of amides is 1. The number of nitrogens with one attached hydrogen (secondary N) is 2. The molecule has 1 amide bonds. The molecule has 0 saturated carbocycles. The molecule has 2 atom stereocenters. The third-order valence-corrected chi connectivity index (χ3v) is 6.24. The van der Waals surface area contributed by atoms with E-state index in [0.717, 1.165) is 32.5 Å². The number of piperidine rings is 1. The van der Waals surface area contributed by atoms with Crippen molar-refractivity contribution in [2.75, 3.05) is 26.7 Å². The van der Waals surface area contributed by atoms with Crippen LogP contribution in [-0.2, 0) is 14.8 Å². The van der Waals surface area contributed by atoms with E-state index in [-0.39, 0.29) is 35.7 Å². The first-order valence-electron chi connectivity index (χ1n) is 9.03. The number of hydrogen-bond acceptors (Lipinski definition) is 5. The summed E-state index contributed by atoms with van der Waals surface area (Å²) in [7, 11) is -1.62. The number of rotatable bonds is 5. The van der Waals surface area contributed by atoms with E-state index in [0.29, 0.717) is 17.3 Å². The van der Waals surface area contributed by atoms with Crippen LogP contribution in [0.15, 0.2) is 34.2 Å². The number of hydrogen-bond donors (Lipinski definition) is 2. The second-order valence-electron chi connectivity index (χ2n) is 7.04. The van der Waals surface area contributed by atoms with Gasteiger partial charge >= 0.3 is 0 Å². The Balaban J connectivity index is 0.00000261. The molecule has 2 aliphatic heterocycles. The number of halogens is 1. The largest absolute Gasteiger partial charge is 0.342 e. The van der Waals surface area contributed by atoms with Crippen molar-refractivity contribution in [1.29, 1.82) is 0 Å². The van der Waals surface area contributed by atoms with E-state index >= 15 is 0 Å². The Morgan fingerprint density at radius 2 is 2.15 bits per heavy atom. The molecular formula is C18H27ClN4O3S. The Hall–Kier alpha value is -1.64. The summed E-state index contributed by atoms with van der Waals surface area (Å²) >= 11 is 0. The average molecular weight is 415 g/mol. The number of nitrogens with zero attached hydrogens (tertiary/aromatic N) is 2. The lowest BCUT2D eigenvalue weighted by Crippen LogP contribution is -2.43. The Morgan fingerprint density at radius 1 is 1.41 bits per heavy atom. The molecule has 0 bridgehead atoms. The summed E-state index contributed by atoms with van der Waals surface area (Å²) in [5.74, 6) is 0.900. The minimum absolute atomic E-state index is 0. The first-order chi connectivity index (χ1) is 12.4. The van der Waals surface area contributed by atoms with Gasteiger partial charge in [-0.3, -0.25) is 14.5 Å². The van der Waals surface area contributed by atoms with Crippen LogP contribution >= 0.6 is 12.4 Å². The van der Waals surface area contributed by atoms with Gasteiger partial charge in [0, 0.05) is 25.1 Å². The third kappa shape index (κ3) is 5.00. The first-order valence-corrected chi connectivity index (χ1v) is 10.5. The van der Waals surface area contributed by atoms with Gasteiger partial charge in [0.05, 0.1) is 10.9 Å². The molecule has 2 heterocycles. The minimum atomic E-state index is -3.55. The average Bonchev–Trinajstić information content (AvgIpc) is 2.86. The first kappa shape index (κ1) is 21.7. The number of aliphatic imine (C=N–C) groups is 1. The van der Waals surface area contributed by atoms with Gasteiger partial charge in [-0.05, 0) is 51.4 Å². The normalized spacial score (nSPS) is 23.3. The van der Waals surface area contributed by atoms with Crippen LogP contribution in [0.1, 0.15) is 31.7 Å². The molecule has 0 aliphatic carbocycles. The number of likely N-dealkylation sites (tertiary alicyclic amines) is 1. The van der Waals surface area contributed by atoms with Crippen molar-refractivity contribution in [3.63, 3.8) is 0 Å². The lowest BCUT2D eigenvalue weighted by molar-refractivity contribution is -0.133. The molecule has 0 spiro atoms. The molecule has 0 aromatic heterocycles. The van der Waals surface area contributed by atoms with Gasteiger partial charge < -0.3 is 10.2 Å². The zero-order chi connectivity index (χ0) is 18.7. The number of benzene rings is 1. The monoisotopic (exact) mass is 414 g/mol. The predicted octanol–water partition coefficient (Wildman–Crippen LogP) is 1.38. The molecule has 2 N–H and O–H groups in total. The van der Waals surface area contributed by atoms with Crippen LogP contribution < -0.4 is 10.0 Å². The Kier molecular flexibility index (Phi) is 7.25. The summed E-state index contributed by atoms with van der Waals surface area (Å²) in [5, 5.41) is 3.18. The Bertz CT molecular complexity index is 811. The van der Waals surface area contributed by atoms with Crippen molar-refractivity contribution in [2.24, 2.45) is 10.9 Å². The fourth-order valence-electron chi connectivity index (χ4n) is 3.62. The Morgan fingerprint density at radius 3 is 2.89 bits per heavy atom. The maximum atomic E-state index is 12.6. The molecule has 1 aromatic carbocycles. The van der Waals surface area contributed by atoms with Gasteiger partial charge in [0.2, 0.25) is 5.91 Å². The molecule has 2 aliphatic rings. The fourth-order valence-corrected chi connectivity index (χ4v) is 4.86. The van der Waals surface area contributed by atoms with Crippen molar-refractivity contribution in [3.05, 3.63) is 29.8 Å². The van der Waals surface area contributed by atoms with Gasteiger partial charge in [0.1, 0.15) is 5.84 Å². The molecule has 9 heteroatoms. The summed E-state index contributed by atoms with van der Waals surface area (Å²) in [5.41, 5.74) is 0.568. The van der Waals surface area contributed by atoms with Crippen LogP contribution in [0, 0.1) is 5.92 Å². The van der Waals surface area contributed by atoms with E-state index in [1.807, 2.05) is 18.9 Å². The van der Waals surface area contributed by atoms with E-state index in [4.69, 9.17) is 0 Å². The zero-order valence-corrected chi connectivity index (χ0v) is 17.3. The van der Waals surface area contributed by atoms with Crippen molar-refractivity contribution in [1.82, 2.24) is 14.9 Å². The fraction of sp³-hybridized carbons (Fsp3) is 0.556. The van der Waals surface area contributed by atoms with E-state index in [1.165, 1.54) is 0 Å². The van der Waals surface area contributed by atoms with Crippen LogP contribution in [0.5, 0.6) is 0 Å². The summed E-state index contributed by atoms with van der Waals surface area (Å²) < 4.78 is 26.8. The second kappa shape index (κ2) is 9.03. The molecule has 3 rings (SSSR count). The highest BCUT2D eigenvalue weighted by Gasteiger charge is 2.31. The SMILES string of the molecule is CNCC1CCCN(C(=O)CC(C)N=C2NS(=O)(=O)c3ccccc32)C1.Cl. The van der Waals surface area contributed by atoms with E-state index < -0.39 is 10.0 Å². The molecular weight excluding hydrogens is 388 g/mol. The molecule has 27 heavy (non-hydrogen) atoms. The van der Waals surface area contributed by atoms with Gasteiger partial charge in [-0.25, -0.2) is 8.42 Å². The van der Waals surface area contributed by atoms with Crippen LogP contribution in [0.25, 0.3) is 0 Å². The highest BCUT2D eigenvalue weighted by atomic mass is 35.5. The standard InChI is InChI=1S/C18H26N4O3S.ClH/c1-13(10-17(23)22-9-5-6-14(12-22)11-19-2)20-18-15-7-3-4-8-16(15)26(24,25)21-18;/h3-4,7-8,13-14,19H,5-6,9-12H2,1-2H3,(H,20,21);1H. The third-order valence-electron chi connectivity index (χ3n) is 4.85. The molecule has 2 unspecified atom stereocenters. The van der Waals surface area contributed by atoms with Gasteiger partial charge in [0.25, 0.3) is 10.0 Å². The smallest absolute Gasteiger partial charge is 0.263 e. The van der Waals surface area contributed by atoms with E-state index in [2.05, 4.69) is 15.0 Å².